The molecule has 1 atom stereocenters. The number of allylic oxidation sites excluding steroid dienone is 2. The van der Waals surface area contributed by atoms with Gasteiger partial charge in [0.25, 0.3) is 0 Å². The highest BCUT2D eigenvalue weighted by Gasteiger charge is 2.30. The Kier molecular flexibility index (Phi) is 4.67. The molecule has 0 fully saturated rings. The molecule has 2 aliphatic rings. The number of ketones is 1. The second-order valence-electron chi connectivity index (χ2n) is 6.71. The summed E-state index contributed by atoms with van der Waals surface area (Å²) in [7, 11) is 0. The summed E-state index contributed by atoms with van der Waals surface area (Å²) >= 11 is 0. The second-order valence-corrected chi connectivity index (χ2v) is 6.71. The quantitative estimate of drug-likeness (QED) is 0.788. The summed E-state index contributed by atoms with van der Waals surface area (Å²) in [5.74, 6) is 1.40. The molecular weight excluding hydrogens is 342 g/mol. The molecule has 0 saturated carbocycles. The van der Waals surface area contributed by atoms with Gasteiger partial charge < -0.3 is 14.6 Å². The average Bonchev–Trinajstić information content (AvgIpc) is 3.15. The number of fused-ring (bicyclic) bond motifs is 1. The van der Waals surface area contributed by atoms with E-state index in [1.807, 2.05) is 43.3 Å². The Labute approximate surface area is 158 Å². The minimum Gasteiger partial charge on any atom is -0.511 e. The molecule has 0 saturated heterocycles. The standard InChI is InChI=1S/C22H21NO4/c1-2-17(23-16-8-9-20-21(12-16)27-13-26-20)22-18(24)10-15(11-19(22)25)14-6-4-3-5-7-14/h3-9,12,15,24H,2,10-11,13H2,1H3. The summed E-state index contributed by atoms with van der Waals surface area (Å²) in [6, 6.07) is 15.3. The molecule has 27 heavy (non-hydrogen) atoms. The zero-order chi connectivity index (χ0) is 18.8. The summed E-state index contributed by atoms with van der Waals surface area (Å²) in [4.78, 5) is 17.4. The number of rotatable bonds is 4. The topological polar surface area (TPSA) is 68.1 Å². The first kappa shape index (κ1) is 17.3. The van der Waals surface area contributed by atoms with Crippen LogP contribution in [0.15, 0.2) is 64.9 Å². The Bertz CT molecular complexity index is 931. The first-order valence-electron chi connectivity index (χ1n) is 9.13. The van der Waals surface area contributed by atoms with Crippen LogP contribution in [0.5, 0.6) is 11.5 Å². The van der Waals surface area contributed by atoms with Crippen molar-refractivity contribution in [2.75, 3.05) is 6.79 Å². The van der Waals surface area contributed by atoms with Gasteiger partial charge in [-0.05, 0) is 30.0 Å². The van der Waals surface area contributed by atoms with E-state index < -0.39 is 0 Å². The van der Waals surface area contributed by atoms with Gasteiger partial charge in [0.05, 0.1) is 17.0 Å². The fraction of sp³-hybridized carbons (Fsp3) is 0.273. The van der Waals surface area contributed by atoms with Gasteiger partial charge in [-0.25, -0.2) is 0 Å². The van der Waals surface area contributed by atoms with Gasteiger partial charge in [-0.1, -0.05) is 37.3 Å². The van der Waals surface area contributed by atoms with E-state index in [-0.39, 0.29) is 24.3 Å². The Balaban J connectivity index is 1.64. The maximum atomic E-state index is 12.8. The minimum absolute atomic E-state index is 0.00565. The number of Topliss-reactive ketones (excluding diaryl/α,β-unsaturated/α-hetero) is 1. The zero-order valence-electron chi connectivity index (χ0n) is 15.1. The molecule has 0 radical (unpaired) electrons. The highest BCUT2D eigenvalue weighted by Crippen LogP contribution is 2.37. The van der Waals surface area contributed by atoms with Gasteiger partial charge in [0.15, 0.2) is 17.3 Å². The Hall–Kier alpha value is -3.08. The summed E-state index contributed by atoms with van der Waals surface area (Å²) in [5, 5.41) is 10.6. The number of benzene rings is 2. The van der Waals surface area contributed by atoms with Crippen LogP contribution in [0, 0.1) is 0 Å². The van der Waals surface area contributed by atoms with E-state index in [0.29, 0.717) is 47.7 Å². The zero-order valence-corrected chi connectivity index (χ0v) is 15.1. The molecular formula is C22H21NO4. The Morgan fingerprint density at radius 2 is 1.89 bits per heavy atom. The highest BCUT2D eigenvalue weighted by atomic mass is 16.7. The fourth-order valence-corrected chi connectivity index (χ4v) is 3.61. The Morgan fingerprint density at radius 1 is 1.11 bits per heavy atom. The normalized spacial score (nSPS) is 19.5. The number of aliphatic imine (C=N–C) groups is 1. The lowest BCUT2D eigenvalue weighted by Crippen LogP contribution is -2.23. The van der Waals surface area contributed by atoms with Crippen molar-refractivity contribution < 1.29 is 19.4 Å². The van der Waals surface area contributed by atoms with Crippen molar-refractivity contribution in [3.63, 3.8) is 0 Å². The smallest absolute Gasteiger partial charge is 0.231 e. The van der Waals surface area contributed by atoms with Gasteiger partial charge in [-0.3, -0.25) is 9.79 Å². The molecule has 1 N–H and O–H groups in total. The van der Waals surface area contributed by atoms with Crippen molar-refractivity contribution in [3.8, 4) is 11.5 Å². The van der Waals surface area contributed by atoms with E-state index >= 15 is 0 Å². The SMILES string of the molecule is CCC(=Nc1ccc2c(c1)OCO2)C1=C(O)CC(c2ccccc2)CC1=O. The predicted molar refractivity (Wildman–Crippen MR) is 103 cm³/mol. The largest absolute Gasteiger partial charge is 0.511 e. The van der Waals surface area contributed by atoms with Crippen molar-refractivity contribution in [3.05, 3.63) is 65.4 Å². The minimum atomic E-state index is -0.0612. The number of hydrogen-bond donors (Lipinski definition) is 1. The molecule has 2 aromatic rings. The molecule has 1 aliphatic heterocycles. The number of ether oxygens (including phenoxy) is 2. The van der Waals surface area contributed by atoms with E-state index in [2.05, 4.69) is 4.99 Å². The summed E-state index contributed by atoms with van der Waals surface area (Å²) in [6.07, 6.45) is 1.38. The van der Waals surface area contributed by atoms with Gasteiger partial charge in [0, 0.05) is 18.9 Å². The molecule has 138 valence electrons. The number of carbonyl (C=O) groups excluding carboxylic acids is 1. The molecule has 1 unspecified atom stereocenters. The van der Waals surface area contributed by atoms with Gasteiger partial charge >= 0.3 is 0 Å². The first-order valence-corrected chi connectivity index (χ1v) is 9.13. The maximum Gasteiger partial charge on any atom is 0.231 e. The van der Waals surface area contributed by atoms with Crippen molar-refractivity contribution >= 4 is 17.2 Å². The monoisotopic (exact) mass is 363 g/mol. The van der Waals surface area contributed by atoms with Gasteiger partial charge in [-0.15, -0.1) is 0 Å². The van der Waals surface area contributed by atoms with Crippen LogP contribution >= 0.6 is 0 Å². The lowest BCUT2D eigenvalue weighted by molar-refractivity contribution is -0.116. The molecule has 0 spiro atoms. The Morgan fingerprint density at radius 3 is 2.63 bits per heavy atom. The van der Waals surface area contributed by atoms with Gasteiger partial charge in [0.1, 0.15) is 5.76 Å². The third kappa shape index (κ3) is 3.45. The molecule has 1 heterocycles. The van der Waals surface area contributed by atoms with Crippen LogP contribution in [0.2, 0.25) is 0 Å². The summed E-state index contributed by atoms with van der Waals surface area (Å²) in [6.45, 7) is 2.14. The van der Waals surface area contributed by atoms with E-state index in [1.165, 1.54) is 0 Å². The average molecular weight is 363 g/mol. The molecule has 1 aliphatic carbocycles. The van der Waals surface area contributed by atoms with Crippen LogP contribution in [0.1, 0.15) is 37.7 Å². The number of aliphatic hydroxyl groups is 1. The lowest BCUT2D eigenvalue weighted by atomic mass is 9.81. The highest BCUT2D eigenvalue weighted by molar-refractivity contribution is 6.23. The van der Waals surface area contributed by atoms with Crippen LogP contribution in [0.25, 0.3) is 0 Å². The van der Waals surface area contributed by atoms with Crippen molar-refractivity contribution in [1.82, 2.24) is 0 Å². The van der Waals surface area contributed by atoms with Crippen molar-refractivity contribution in [1.29, 1.82) is 0 Å². The molecule has 4 rings (SSSR count). The summed E-state index contributed by atoms with van der Waals surface area (Å²) < 4.78 is 10.7. The van der Waals surface area contributed by atoms with Crippen LogP contribution in [0.3, 0.4) is 0 Å². The first-order chi connectivity index (χ1) is 13.2. The van der Waals surface area contributed by atoms with E-state index in [4.69, 9.17) is 9.47 Å². The van der Waals surface area contributed by atoms with Gasteiger partial charge in [-0.2, -0.15) is 0 Å². The molecule has 5 nitrogen and oxygen atoms in total. The maximum absolute atomic E-state index is 12.8. The van der Waals surface area contributed by atoms with Crippen LogP contribution in [-0.2, 0) is 4.79 Å². The van der Waals surface area contributed by atoms with E-state index in [0.717, 1.165) is 5.56 Å². The van der Waals surface area contributed by atoms with E-state index in [9.17, 15) is 9.90 Å². The number of nitrogens with zero attached hydrogens (tertiary/aromatic N) is 1. The third-order valence-electron chi connectivity index (χ3n) is 4.95. The molecule has 0 aromatic heterocycles. The molecule has 0 bridgehead atoms. The second kappa shape index (κ2) is 7.27. The van der Waals surface area contributed by atoms with Crippen LogP contribution < -0.4 is 9.47 Å². The number of hydrogen-bond acceptors (Lipinski definition) is 5. The van der Waals surface area contributed by atoms with Crippen LogP contribution in [-0.4, -0.2) is 23.4 Å². The molecule has 0 amide bonds. The van der Waals surface area contributed by atoms with Crippen molar-refractivity contribution in [2.24, 2.45) is 4.99 Å². The fourth-order valence-electron chi connectivity index (χ4n) is 3.61. The summed E-state index contributed by atoms with van der Waals surface area (Å²) in [5.41, 5.74) is 2.71. The molecule has 2 aromatic carbocycles. The predicted octanol–water partition coefficient (Wildman–Crippen LogP) is 4.86. The lowest BCUT2D eigenvalue weighted by Gasteiger charge is -2.24. The third-order valence-corrected chi connectivity index (χ3v) is 4.95. The number of aliphatic hydroxyl groups excluding tert-OH is 1. The van der Waals surface area contributed by atoms with E-state index in [1.54, 1.807) is 12.1 Å². The molecule has 5 heteroatoms. The number of carbonyl (C=O) groups is 1. The van der Waals surface area contributed by atoms with Crippen molar-refractivity contribution in [2.45, 2.75) is 32.1 Å². The van der Waals surface area contributed by atoms with Gasteiger partial charge in [0.2, 0.25) is 6.79 Å². The van der Waals surface area contributed by atoms with Crippen LogP contribution in [0.4, 0.5) is 5.69 Å².